The molecule has 0 bridgehead atoms. The molecule has 324 valence electrons. The molecule has 0 aliphatic carbocycles. The summed E-state index contributed by atoms with van der Waals surface area (Å²) in [7, 11) is -6.03. The number of aliphatic imine (C=N–C) groups is 3. The summed E-state index contributed by atoms with van der Waals surface area (Å²) in [6.45, 7) is 32.6. The van der Waals surface area contributed by atoms with Gasteiger partial charge in [-0.2, -0.15) is 15.0 Å². The summed E-state index contributed by atoms with van der Waals surface area (Å²) in [5.74, 6) is 1.08. The number of isocyanates is 3. The van der Waals surface area contributed by atoms with Crippen molar-refractivity contribution in [1.82, 2.24) is 0 Å². The maximum absolute atomic E-state index is 10.6. The molecule has 9 nitrogen and oxygen atoms in total. The van der Waals surface area contributed by atoms with Gasteiger partial charge in [0.1, 0.15) is 9.76 Å². The van der Waals surface area contributed by atoms with E-state index in [4.69, 9.17) is 4.12 Å². The van der Waals surface area contributed by atoms with Gasteiger partial charge in [0, 0.05) is 0 Å². The van der Waals surface area contributed by atoms with Gasteiger partial charge in [-0.05, 0) is 150 Å². The Bertz CT molecular complexity index is 1840. The lowest BCUT2D eigenvalue weighted by atomic mass is 9.91. The Morgan fingerprint density at radius 3 is 1.07 bits per heavy atom. The molecule has 3 atom stereocenters. The molecular formula is C46H73N3O6Si4. The smallest absolute Gasteiger partial charge is 0.235 e. The molecule has 3 aromatic rings. The van der Waals surface area contributed by atoms with E-state index >= 15 is 0 Å². The number of rotatable bonds is 17. The average Bonchev–Trinajstić information content (AvgIpc) is 3.11. The monoisotopic (exact) mass is 875 g/mol. The highest BCUT2D eigenvalue weighted by Crippen LogP contribution is 2.33. The summed E-state index contributed by atoms with van der Waals surface area (Å²) in [6, 6.07) is 27.4. The molecule has 0 fully saturated rings. The number of nitrogens with zero attached hydrogens (tertiary/aromatic N) is 3. The lowest BCUT2D eigenvalue weighted by Gasteiger charge is -2.27. The zero-order valence-corrected chi connectivity index (χ0v) is 43.3. The van der Waals surface area contributed by atoms with Crippen LogP contribution in [0.2, 0.25) is 64.0 Å². The molecule has 0 aromatic heterocycles. The van der Waals surface area contributed by atoms with Crippen molar-refractivity contribution in [3.8, 4) is 0 Å². The molecular weight excluding hydrogens is 803 g/mol. The van der Waals surface area contributed by atoms with Gasteiger partial charge in [-0.3, -0.25) is 0 Å². The molecule has 0 saturated heterocycles. The molecule has 3 rings (SSSR count). The minimum absolute atomic E-state index is 0.308. The van der Waals surface area contributed by atoms with E-state index in [1.54, 1.807) is 18.2 Å². The van der Waals surface area contributed by atoms with E-state index in [1.807, 2.05) is 104 Å². The van der Waals surface area contributed by atoms with E-state index in [1.165, 1.54) is 16.7 Å². The van der Waals surface area contributed by atoms with Crippen molar-refractivity contribution in [3.05, 3.63) is 106 Å². The molecule has 3 aromatic carbocycles. The van der Waals surface area contributed by atoms with Crippen LogP contribution >= 0.6 is 0 Å². The van der Waals surface area contributed by atoms with Gasteiger partial charge in [-0.1, -0.05) is 100 Å². The van der Waals surface area contributed by atoms with Crippen LogP contribution in [0.4, 0.5) is 0 Å². The minimum atomic E-state index is -2.07. The van der Waals surface area contributed by atoms with Crippen molar-refractivity contribution < 1.29 is 28.1 Å². The Balaban J connectivity index is 0.000000443. The fourth-order valence-corrected chi connectivity index (χ4v) is 16.0. The summed E-state index contributed by atoms with van der Waals surface area (Å²) in [4.78, 5) is 63.2. The first kappa shape index (κ1) is 53.6. The van der Waals surface area contributed by atoms with Crippen LogP contribution in [0.1, 0.15) is 113 Å². The Labute approximate surface area is 361 Å². The van der Waals surface area contributed by atoms with Gasteiger partial charge in [0.05, 0.1) is 16.6 Å². The third kappa shape index (κ3) is 19.7. The van der Waals surface area contributed by atoms with Gasteiger partial charge in [-0.25, -0.2) is 14.4 Å². The molecule has 13 heteroatoms. The SMILES string of the molecule is CC(C[Si](C)(C)O)c1cccc(C(C)(C)N=C=O)c1.CC(C[Si](C)(C)O)c1cccc(C(C)(C)N=C=O)c1.C[SiH2]O[Si](C)(C)CC(C)c1cccc(C(C)(C)N=C=O)c1. The molecule has 0 aliphatic rings. The van der Waals surface area contributed by atoms with Gasteiger partial charge in [0.2, 0.25) is 18.2 Å². The van der Waals surface area contributed by atoms with E-state index in [0.717, 1.165) is 34.8 Å². The predicted octanol–water partition coefficient (Wildman–Crippen LogP) is 10.8. The maximum Gasteiger partial charge on any atom is 0.235 e. The Kier molecular flexibility index (Phi) is 20.8. The molecule has 0 radical (unpaired) electrons. The van der Waals surface area contributed by atoms with Crippen LogP contribution in [0.5, 0.6) is 0 Å². The van der Waals surface area contributed by atoms with Gasteiger partial charge in [0.25, 0.3) is 0 Å². The van der Waals surface area contributed by atoms with E-state index in [2.05, 4.69) is 91.8 Å². The number of hydrogen-bond donors (Lipinski definition) is 2. The fourth-order valence-electron chi connectivity index (χ4n) is 7.25. The van der Waals surface area contributed by atoms with Crippen LogP contribution in [-0.4, -0.2) is 62.5 Å². The average molecular weight is 876 g/mol. The molecule has 2 N–H and O–H groups in total. The predicted molar refractivity (Wildman–Crippen MR) is 255 cm³/mol. The standard InChI is InChI=1S/C16H27NO2Si2.2C15H23NO2Si/c1-13(11-21(5,6)19-20-4)14-8-7-9-15(10-14)16(2,3)17-12-18;2*1-12(10-19(4,5)18)13-7-6-8-14(9-13)15(2,3)16-11-17/h7-10,13H,11,20H2,1-6H3;2*6-9,12,18H,10H2,1-5H3. The third-order valence-corrected chi connectivity index (χ3v) is 19.5. The number of benzene rings is 3. The minimum Gasteiger partial charge on any atom is -0.461 e. The summed E-state index contributed by atoms with van der Waals surface area (Å²) >= 11 is 0. The second-order valence-corrected chi connectivity index (χ2v) is 33.0. The topological polar surface area (TPSA) is 138 Å². The second-order valence-electron chi connectivity index (χ2n) is 19.3. The van der Waals surface area contributed by atoms with E-state index in [0.29, 0.717) is 17.8 Å². The first-order valence-electron chi connectivity index (χ1n) is 20.7. The zero-order chi connectivity index (χ0) is 45.5. The quantitative estimate of drug-likeness (QED) is 0.0787. The van der Waals surface area contributed by atoms with Crippen molar-refractivity contribution in [1.29, 1.82) is 0 Å². The van der Waals surface area contributed by atoms with Gasteiger partial charge in [-0.15, -0.1) is 0 Å². The van der Waals surface area contributed by atoms with E-state index < -0.39 is 41.6 Å². The maximum atomic E-state index is 10.6. The fraction of sp³-hybridized carbons (Fsp3) is 0.543. The Hall–Kier alpha value is -3.45. The lowest BCUT2D eigenvalue weighted by molar-refractivity contribution is 0.520. The van der Waals surface area contributed by atoms with E-state index in [9.17, 15) is 24.0 Å². The Morgan fingerprint density at radius 1 is 0.559 bits per heavy atom. The zero-order valence-electron chi connectivity index (χ0n) is 38.9. The van der Waals surface area contributed by atoms with Gasteiger partial charge < -0.3 is 13.7 Å². The third-order valence-electron chi connectivity index (χ3n) is 10.4. The highest BCUT2D eigenvalue weighted by Gasteiger charge is 2.28. The largest absolute Gasteiger partial charge is 0.461 e. The first-order chi connectivity index (χ1) is 27.0. The summed E-state index contributed by atoms with van der Waals surface area (Å²) in [5, 5.41) is 0. The summed E-state index contributed by atoms with van der Waals surface area (Å²) in [5.41, 5.74) is 5.09. The van der Waals surface area contributed by atoms with Crippen molar-refractivity contribution in [2.75, 3.05) is 0 Å². The van der Waals surface area contributed by atoms with Crippen LogP contribution in [0.15, 0.2) is 87.8 Å². The molecule has 59 heavy (non-hydrogen) atoms. The summed E-state index contributed by atoms with van der Waals surface area (Å²) in [6.07, 6.45) is 4.95. The lowest BCUT2D eigenvalue weighted by Crippen LogP contribution is -2.32. The molecule has 0 spiro atoms. The second kappa shape index (κ2) is 23.0. The molecule has 3 unspecified atom stereocenters. The molecule has 0 amide bonds. The number of carbonyl (C=O) groups excluding carboxylic acids is 3. The van der Waals surface area contributed by atoms with Crippen molar-refractivity contribution >= 4 is 53.0 Å². The Morgan fingerprint density at radius 2 is 0.831 bits per heavy atom. The van der Waals surface area contributed by atoms with Crippen LogP contribution in [0, 0.1) is 0 Å². The highest BCUT2D eigenvalue weighted by atomic mass is 28.4. The normalized spacial score (nSPS) is 13.9. The van der Waals surface area contributed by atoms with E-state index in [-0.39, 0.29) is 9.76 Å². The van der Waals surface area contributed by atoms with Crippen LogP contribution in [-0.2, 0) is 35.1 Å². The van der Waals surface area contributed by atoms with Gasteiger partial charge >= 0.3 is 0 Å². The summed E-state index contributed by atoms with van der Waals surface area (Å²) < 4.78 is 6.07. The first-order valence-corrected chi connectivity index (χ1v) is 32.1. The van der Waals surface area contributed by atoms with Crippen LogP contribution < -0.4 is 0 Å². The van der Waals surface area contributed by atoms with Crippen molar-refractivity contribution in [3.63, 3.8) is 0 Å². The van der Waals surface area contributed by atoms with Crippen molar-refractivity contribution in [2.45, 2.75) is 161 Å². The molecule has 0 heterocycles. The van der Waals surface area contributed by atoms with Crippen LogP contribution in [0.25, 0.3) is 0 Å². The number of hydrogen-bond acceptors (Lipinski definition) is 9. The molecule has 0 saturated carbocycles. The highest BCUT2D eigenvalue weighted by molar-refractivity contribution is 6.75. The van der Waals surface area contributed by atoms with Crippen LogP contribution in [0.3, 0.4) is 0 Å². The van der Waals surface area contributed by atoms with Crippen molar-refractivity contribution in [2.24, 2.45) is 15.0 Å². The van der Waals surface area contributed by atoms with Gasteiger partial charge in [0.15, 0.2) is 25.0 Å². The molecule has 0 aliphatic heterocycles.